The summed E-state index contributed by atoms with van der Waals surface area (Å²) in [5.41, 5.74) is 3.89. The van der Waals surface area contributed by atoms with Crippen molar-refractivity contribution in [2.45, 2.75) is 36.9 Å². The van der Waals surface area contributed by atoms with Gasteiger partial charge >= 0.3 is 6.03 Å². The number of rotatable bonds is 8. The average Bonchev–Trinajstić information content (AvgIpc) is 2.78. The lowest BCUT2D eigenvalue weighted by Crippen LogP contribution is -2.44. The molecule has 2 heterocycles. The lowest BCUT2D eigenvalue weighted by atomic mass is 9.67. The highest BCUT2D eigenvalue weighted by Crippen LogP contribution is 2.31. The van der Waals surface area contributed by atoms with Crippen LogP contribution >= 0.6 is 11.8 Å². The second-order valence-electron chi connectivity index (χ2n) is 8.81. The van der Waals surface area contributed by atoms with Crippen molar-refractivity contribution in [2.75, 3.05) is 23.6 Å². The summed E-state index contributed by atoms with van der Waals surface area (Å²) in [7, 11) is 9.26. The van der Waals surface area contributed by atoms with Gasteiger partial charge in [0, 0.05) is 17.5 Å². The number of methoxy groups -OCH3 is 1. The summed E-state index contributed by atoms with van der Waals surface area (Å²) in [4.78, 5) is 12.7. The molecular formula is C24H26B2N4O4S2. The first-order chi connectivity index (χ1) is 17.0. The summed E-state index contributed by atoms with van der Waals surface area (Å²) in [6.07, 6.45) is 0.495. The number of hydrazone groups is 1. The number of urea groups is 1. The molecule has 36 heavy (non-hydrogen) atoms. The van der Waals surface area contributed by atoms with Crippen LogP contribution in [0.2, 0.25) is 5.72 Å². The van der Waals surface area contributed by atoms with Crippen LogP contribution in [0.5, 0.6) is 5.75 Å². The number of sulfonamides is 1. The van der Waals surface area contributed by atoms with Gasteiger partial charge in [0.05, 0.1) is 39.9 Å². The molecule has 0 atom stereocenters. The van der Waals surface area contributed by atoms with E-state index in [9.17, 15) is 13.2 Å². The van der Waals surface area contributed by atoms with Crippen LogP contribution in [-0.2, 0) is 16.4 Å². The first-order valence-corrected chi connectivity index (χ1v) is 13.9. The Hall–Kier alpha value is -2.69. The van der Waals surface area contributed by atoms with Crippen LogP contribution in [0.3, 0.4) is 0 Å². The van der Waals surface area contributed by atoms with Crippen molar-refractivity contribution >= 4 is 54.9 Å². The molecule has 2 aromatic carbocycles. The van der Waals surface area contributed by atoms with Crippen LogP contribution in [0, 0.1) is 13.8 Å². The summed E-state index contributed by atoms with van der Waals surface area (Å²) < 4.78 is 34.1. The van der Waals surface area contributed by atoms with Gasteiger partial charge in [-0.25, -0.2) is 17.9 Å². The molecule has 0 spiro atoms. The van der Waals surface area contributed by atoms with E-state index in [0.29, 0.717) is 17.9 Å². The number of amides is 2. The fraction of sp³-hybridized carbons (Fsp3) is 0.333. The van der Waals surface area contributed by atoms with Crippen molar-refractivity contribution in [3.05, 3.63) is 64.9 Å². The monoisotopic (exact) mass is 520 g/mol. The van der Waals surface area contributed by atoms with E-state index in [1.54, 1.807) is 23.9 Å². The van der Waals surface area contributed by atoms with Gasteiger partial charge in [-0.1, -0.05) is 18.4 Å². The first-order valence-electron chi connectivity index (χ1n) is 11.3. The Balaban J connectivity index is 1.65. The molecule has 0 aliphatic carbocycles. The highest BCUT2D eigenvalue weighted by atomic mass is 32.2. The van der Waals surface area contributed by atoms with E-state index < -0.39 is 21.8 Å². The van der Waals surface area contributed by atoms with Crippen molar-refractivity contribution in [3.63, 3.8) is 0 Å². The van der Waals surface area contributed by atoms with Crippen molar-refractivity contribution in [1.29, 1.82) is 0 Å². The molecule has 2 N–H and O–H groups in total. The maximum atomic E-state index is 13.0. The number of anilines is 1. The van der Waals surface area contributed by atoms with Crippen LogP contribution < -0.4 is 19.8 Å². The molecule has 1 fully saturated rings. The van der Waals surface area contributed by atoms with E-state index in [1.807, 2.05) is 32.0 Å². The van der Waals surface area contributed by atoms with Gasteiger partial charge in [0.25, 0.3) is 0 Å². The number of thioether (sulfide) groups is 1. The third-order valence-electron chi connectivity index (χ3n) is 6.07. The number of allylic oxidation sites excluding steroid dienone is 1. The largest absolute Gasteiger partial charge is 0.495 e. The summed E-state index contributed by atoms with van der Waals surface area (Å²) in [6.45, 7) is 7.61. The quantitative estimate of drug-likeness (QED) is 0.522. The Labute approximate surface area is 218 Å². The lowest BCUT2D eigenvalue weighted by Gasteiger charge is -2.28. The van der Waals surface area contributed by atoms with Gasteiger partial charge in [0.15, 0.2) is 0 Å². The SMILES string of the molecule is [B]C([B])C1=NN(c2cc(C)c(Cc3ccc(OC)c(S(=O)(=O)NC4CSC4)c3)c(C)c2)C(=O)NC1=C. The number of carbonyl (C=O) groups is 1. The molecule has 4 radical (unpaired) electrons. The first kappa shape index (κ1) is 26.4. The Kier molecular flexibility index (Phi) is 7.59. The number of nitrogens with zero attached hydrogens (tertiary/aromatic N) is 2. The van der Waals surface area contributed by atoms with E-state index in [0.717, 1.165) is 33.8 Å². The average molecular weight is 520 g/mol. The smallest absolute Gasteiger partial charge is 0.347 e. The van der Waals surface area contributed by atoms with Gasteiger partial charge in [-0.15, -0.1) is 0 Å². The maximum absolute atomic E-state index is 13.0. The summed E-state index contributed by atoms with van der Waals surface area (Å²) in [6, 6.07) is 8.35. The molecule has 1 saturated heterocycles. The molecule has 2 aromatic rings. The molecular weight excluding hydrogens is 494 g/mol. The Morgan fingerprint density at radius 3 is 2.47 bits per heavy atom. The van der Waals surface area contributed by atoms with Crippen molar-refractivity contribution in [1.82, 2.24) is 10.0 Å². The number of hydrogen-bond donors (Lipinski definition) is 2. The van der Waals surface area contributed by atoms with E-state index in [-0.39, 0.29) is 22.3 Å². The predicted octanol–water partition coefficient (Wildman–Crippen LogP) is 2.78. The van der Waals surface area contributed by atoms with Gasteiger partial charge in [-0.2, -0.15) is 21.9 Å². The summed E-state index contributed by atoms with van der Waals surface area (Å²) >= 11 is 1.70. The third-order valence-corrected chi connectivity index (χ3v) is 8.88. The minimum absolute atomic E-state index is 0.0634. The van der Waals surface area contributed by atoms with Crippen LogP contribution in [0.4, 0.5) is 10.5 Å². The number of ether oxygens (including phenoxy) is 1. The zero-order valence-electron chi connectivity index (χ0n) is 20.4. The number of benzene rings is 2. The van der Waals surface area contributed by atoms with Gasteiger partial charge in [0.2, 0.25) is 10.0 Å². The zero-order valence-corrected chi connectivity index (χ0v) is 22.0. The Morgan fingerprint density at radius 2 is 1.92 bits per heavy atom. The van der Waals surface area contributed by atoms with Crippen molar-refractivity contribution in [2.24, 2.45) is 5.10 Å². The number of hydrogen-bond acceptors (Lipinski definition) is 6. The fourth-order valence-corrected chi connectivity index (χ4v) is 6.41. The van der Waals surface area contributed by atoms with E-state index in [4.69, 9.17) is 20.4 Å². The molecule has 0 bridgehead atoms. The molecule has 2 aliphatic rings. The topological polar surface area (TPSA) is 100 Å². The van der Waals surface area contributed by atoms with E-state index in [2.05, 4.69) is 21.7 Å². The van der Waals surface area contributed by atoms with E-state index in [1.165, 1.54) is 12.1 Å². The molecule has 2 amide bonds. The normalized spacial score (nSPS) is 16.6. The van der Waals surface area contributed by atoms with E-state index >= 15 is 0 Å². The summed E-state index contributed by atoms with van der Waals surface area (Å²) in [5, 5.41) is 8.14. The van der Waals surface area contributed by atoms with Crippen LogP contribution in [0.1, 0.15) is 22.3 Å². The minimum Gasteiger partial charge on any atom is -0.495 e. The molecule has 2 aliphatic heterocycles. The predicted molar refractivity (Wildman–Crippen MR) is 146 cm³/mol. The Bertz CT molecular complexity index is 1330. The molecule has 8 nitrogen and oxygen atoms in total. The minimum atomic E-state index is -3.72. The second kappa shape index (κ2) is 10.4. The standard InChI is InChI=1S/C24H26B2N4O4S2/c1-13-7-18(30-24(31)27-15(3)22(28-30)23(25)26)8-14(2)19(13)9-16-5-6-20(34-4)21(10-16)36(32,33)29-17-11-35-12-17/h5-8,10,17,23,29H,3,9,11-12H2,1-2,4H3,(H,27,31). The highest BCUT2D eigenvalue weighted by Gasteiger charge is 2.28. The Morgan fingerprint density at radius 1 is 1.25 bits per heavy atom. The van der Waals surface area contributed by atoms with Crippen LogP contribution in [0.15, 0.2) is 52.6 Å². The molecule has 12 heteroatoms. The third kappa shape index (κ3) is 5.35. The fourth-order valence-electron chi connectivity index (χ4n) is 4.11. The number of aryl methyl sites for hydroxylation is 2. The van der Waals surface area contributed by atoms with Crippen molar-refractivity contribution < 1.29 is 17.9 Å². The number of carbonyl (C=O) groups excluding carboxylic acids is 1. The molecule has 4 rings (SSSR count). The van der Waals surface area contributed by atoms with Crippen molar-refractivity contribution in [3.8, 4) is 5.75 Å². The van der Waals surface area contributed by atoms with Crippen LogP contribution in [0.25, 0.3) is 0 Å². The van der Waals surface area contributed by atoms with Gasteiger partial charge < -0.3 is 10.1 Å². The molecule has 184 valence electrons. The van der Waals surface area contributed by atoms with Gasteiger partial charge in [-0.3, -0.25) is 0 Å². The lowest BCUT2D eigenvalue weighted by molar-refractivity contribution is 0.248. The van der Waals surface area contributed by atoms with Crippen LogP contribution in [-0.4, -0.2) is 60.5 Å². The number of nitrogens with one attached hydrogen (secondary N) is 2. The molecule has 0 aromatic heterocycles. The summed E-state index contributed by atoms with van der Waals surface area (Å²) in [5.74, 6) is 1.82. The van der Waals surface area contributed by atoms with Gasteiger partial charge in [0.1, 0.15) is 10.6 Å². The highest BCUT2D eigenvalue weighted by molar-refractivity contribution is 8.01. The molecule has 0 saturated carbocycles. The van der Waals surface area contributed by atoms with Gasteiger partial charge in [-0.05, 0) is 66.8 Å². The second-order valence-corrected chi connectivity index (χ2v) is 11.6. The maximum Gasteiger partial charge on any atom is 0.347 e. The molecule has 0 unspecified atom stereocenters. The zero-order chi connectivity index (χ0) is 26.2.